The Balaban J connectivity index is 4.91. The summed E-state index contributed by atoms with van der Waals surface area (Å²) in [7, 11) is 0. The molecule has 0 aromatic rings. The van der Waals surface area contributed by atoms with Crippen molar-refractivity contribution in [1.29, 1.82) is 0 Å². The molecule has 0 atom stereocenters. The number of aliphatic carboxylic acids is 2. The van der Waals surface area contributed by atoms with Gasteiger partial charge in [-0.2, -0.15) is 0 Å². The van der Waals surface area contributed by atoms with Gasteiger partial charge in [-0.3, -0.25) is 0 Å². The number of unbranched alkanes of at least 4 members (excludes halogenated alkanes) is 2. The zero-order valence-corrected chi connectivity index (χ0v) is 9.53. The van der Waals surface area contributed by atoms with Crippen molar-refractivity contribution in [3.63, 3.8) is 0 Å². The van der Waals surface area contributed by atoms with Gasteiger partial charge in [0.1, 0.15) is 0 Å². The molecular weight excluding hydrogens is 208 g/mol. The monoisotopic (exact) mass is 226 g/mol. The minimum absolute atomic E-state index is 0.000787. The predicted molar refractivity (Wildman–Crippen MR) is 61.3 cm³/mol. The molecule has 0 unspecified atom stereocenters. The molecule has 0 radical (unpaired) electrons. The third kappa shape index (κ3) is 4.77. The fourth-order valence-corrected chi connectivity index (χ4v) is 1.42. The first-order valence-electron chi connectivity index (χ1n) is 5.34. The van der Waals surface area contributed by atoms with Crippen molar-refractivity contribution >= 4 is 11.9 Å². The number of rotatable bonds is 8. The first-order valence-corrected chi connectivity index (χ1v) is 5.34. The van der Waals surface area contributed by atoms with Gasteiger partial charge in [0.05, 0.1) is 5.57 Å². The van der Waals surface area contributed by atoms with Crippen LogP contribution in [0, 0.1) is 0 Å². The summed E-state index contributed by atoms with van der Waals surface area (Å²) in [6.07, 6.45) is 4.37. The minimum atomic E-state index is -1.17. The van der Waals surface area contributed by atoms with Crippen molar-refractivity contribution in [3.8, 4) is 0 Å². The quantitative estimate of drug-likeness (QED) is 0.379. The van der Waals surface area contributed by atoms with Crippen LogP contribution < -0.4 is 0 Å². The standard InChI is InChI=1S/C12H18O4/c1-3-5-6-8-10(12(15)16)9(7-4-2)11(13)14/h4H,2-3,5-8H2,1H3,(H,13,14)(H,15,16)/b10-9-. The molecule has 0 aliphatic rings. The molecule has 0 saturated carbocycles. The van der Waals surface area contributed by atoms with Gasteiger partial charge < -0.3 is 10.2 Å². The van der Waals surface area contributed by atoms with E-state index in [0.29, 0.717) is 12.8 Å². The van der Waals surface area contributed by atoms with E-state index in [1.165, 1.54) is 6.08 Å². The molecule has 0 bridgehead atoms. The third-order valence-electron chi connectivity index (χ3n) is 2.26. The molecule has 0 amide bonds. The molecule has 4 heteroatoms. The average molecular weight is 226 g/mol. The van der Waals surface area contributed by atoms with Crippen LogP contribution in [0.3, 0.4) is 0 Å². The topological polar surface area (TPSA) is 74.6 Å². The van der Waals surface area contributed by atoms with Gasteiger partial charge in [-0.15, -0.1) is 6.58 Å². The summed E-state index contributed by atoms with van der Waals surface area (Å²) in [6.45, 7) is 5.44. The van der Waals surface area contributed by atoms with Crippen molar-refractivity contribution in [2.24, 2.45) is 0 Å². The number of carboxylic acids is 2. The first-order chi connectivity index (χ1) is 7.54. The van der Waals surface area contributed by atoms with Gasteiger partial charge in [-0.1, -0.05) is 25.8 Å². The first kappa shape index (κ1) is 14.4. The molecule has 0 heterocycles. The summed E-state index contributed by atoms with van der Waals surface area (Å²) in [6, 6.07) is 0. The Morgan fingerprint density at radius 1 is 1.12 bits per heavy atom. The van der Waals surface area contributed by atoms with Crippen LogP contribution in [0.4, 0.5) is 0 Å². The van der Waals surface area contributed by atoms with E-state index >= 15 is 0 Å². The van der Waals surface area contributed by atoms with Gasteiger partial charge in [0, 0.05) is 5.57 Å². The molecule has 0 aliphatic carbocycles. The summed E-state index contributed by atoms with van der Waals surface area (Å²) in [5, 5.41) is 17.9. The number of carboxylic acid groups (broad SMARTS) is 2. The molecule has 0 saturated heterocycles. The van der Waals surface area contributed by atoms with Crippen LogP contribution in [0.2, 0.25) is 0 Å². The van der Waals surface area contributed by atoms with Crippen molar-refractivity contribution in [3.05, 3.63) is 23.8 Å². The van der Waals surface area contributed by atoms with Gasteiger partial charge >= 0.3 is 11.9 Å². The van der Waals surface area contributed by atoms with Crippen LogP contribution in [0.1, 0.15) is 39.0 Å². The van der Waals surface area contributed by atoms with E-state index in [1.807, 2.05) is 6.92 Å². The highest BCUT2D eigenvalue weighted by molar-refractivity contribution is 5.98. The third-order valence-corrected chi connectivity index (χ3v) is 2.26. The zero-order chi connectivity index (χ0) is 12.6. The summed E-state index contributed by atoms with van der Waals surface area (Å²) in [4.78, 5) is 21.9. The van der Waals surface area contributed by atoms with Crippen LogP contribution in [-0.4, -0.2) is 22.2 Å². The van der Waals surface area contributed by atoms with E-state index in [0.717, 1.165) is 12.8 Å². The van der Waals surface area contributed by atoms with Crippen LogP contribution in [0.5, 0.6) is 0 Å². The Bertz CT molecular complexity index is 302. The molecule has 0 spiro atoms. The van der Waals surface area contributed by atoms with Crippen LogP contribution >= 0.6 is 0 Å². The van der Waals surface area contributed by atoms with Crippen molar-refractivity contribution in [1.82, 2.24) is 0 Å². The molecular formula is C12H18O4. The molecule has 90 valence electrons. The minimum Gasteiger partial charge on any atom is -0.478 e. The fourth-order valence-electron chi connectivity index (χ4n) is 1.42. The molecule has 2 N–H and O–H groups in total. The Hall–Kier alpha value is -1.58. The van der Waals surface area contributed by atoms with Crippen molar-refractivity contribution in [2.75, 3.05) is 0 Å². The molecule has 4 nitrogen and oxygen atoms in total. The lowest BCUT2D eigenvalue weighted by Gasteiger charge is -2.06. The van der Waals surface area contributed by atoms with Gasteiger partial charge in [0.25, 0.3) is 0 Å². The number of allylic oxidation sites excluding steroid dienone is 1. The lowest BCUT2D eigenvalue weighted by atomic mass is 9.99. The SMILES string of the molecule is C=CC/C(C(=O)O)=C(\CCCCC)C(=O)O. The molecule has 0 rings (SSSR count). The molecule has 0 aromatic carbocycles. The molecule has 16 heavy (non-hydrogen) atoms. The zero-order valence-electron chi connectivity index (χ0n) is 9.53. The van der Waals surface area contributed by atoms with E-state index in [1.54, 1.807) is 0 Å². The normalized spacial score (nSPS) is 11.8. The maximum atomic E-state index is 11.0. The second-order valence-corrected chi connectivity index (χ2v) is 3.52. The molecule has 0 aromatic heterocycles. The van der Waals surface area contributed by atoms with Gasteiger partial charge in [-0.25, -0.2) is 9.59 Å². The Labute approximate surface area is 95.3 Å². The van der Waals surface area contributed by atoms with Gasteiger partial charge in [0.2, 0.25) is 0 Å². The van der Waals surface area contributed by atoms with E-state index in [-0.39, 0.29) is 17.6 Å². The summed E-state index contributed by atoms with van der Waals surface area (Å²) in [5.74, 6) is -2.32. The fraction of sp³-hybridized carbons (Fsp3) is 0.500. The number of hydrogen-bond donors (Lipinski definition) is 2. The summed E-state index contributed by atoms with van der Waals surface area (Å²) < 4.78 is 0. The van der Waals surface area contributed by atoms with E-state index in [2.05, 4.69) is 6.58 Å². The summed E-state index contributed by atoms with van der Waals surface area (Å²) >= 11 is 0. The lowest BCUT2D eigenvalue weighted by Crippen LogP contribution is -2.11. The van der Waals surface area contributed by atoms with Crippen molar-refractivity contribution in [2.45, 2.75) is 39.0 Å². The maximum absolute atomic E-state index is 11.0. The van der Waals surface area contributed by atoms with E-state index in [9.17, 15) is 9.59 Å². The highest BCUT2D eigenvalue weighted by Gasteiger charge is 2.18. The largest absolute Gasteiger partial charge is 0.478 e. The second kappa shape index (κ2) is 7.68. The van der Waals surface area contributed by atoms with Crippen LogP contribution in [0.25, 0.3) is 0 Å². The van der Waals surface area contributed by atoms with Gasteiger partial charge in [-0.05, 0) is 19.3 Å². The Morgan fingerprint density at radius 3 is 2.06 bits per heavy atom. The number of carbonyl (C=O) groups is 2. The smallest absolute Gasteiger partial charge is 0.332 e. The van der Waals surface area contributed by atoms with Gasteiger partial charge in [0.15, 0.2) is 0 Å². The predicted octanol–water partition coefficient (Wildman–Crippen LogP) is 2.61. The molecule has 0 fully saturated rings. The maximum Gasteiger partial charge on any atom is 0.332 e. The Morgan fingerprint density at radius 2 is 1.69 bits per heavy atom. The average Bonchev–Trinajstić information content (AvgIpc) is 2.21. The lowest BCUT2D eigenvalue weighted by molar-refractivity contribution is -0.136. The van der Waals surface area contributed by atoms with Crippen molar-refractivity contribution < 1.29 is 19.8 Å². The van der Waals surface area contributed by atoms with Crippen LogP contribution in [-0.2, 0) is 9.59 Å². The highest BCUT2D eigenvalue weighted by atomic mass is 16.4. The molecule has 0 aliphatic heterocycles. The highest BCUT2D eigenvalue weighted by Crippen LogP contribution is 2.17. The van der Waals surface area contributed by atoms with E-state index < -0.39 is 11.9 Å². The Kier molecular flexibility index (Phi) is 6.92. The number of hydrogen-bond acceptors (Lipinski definition) is 2. The van der Waals surface area contributed by atoms with Crippen LogP contribution in [0.15, 0.2) is 23.8 Å². The second-order valence-electron chi connectivity index (χ2n) is 3.52. The summed E-state index contributed by atoms with van der Waals surface area (Å²) in [5.41, 5.74) is -0.0561. The van der Waals surface area contributed by atoms with E-state index in [4.69, 9.17) is 10.2 Å².